The lowest BCUT2D eigenvalue weighted by molar-refractivity contribution is -0.147. The zero-order chi connectivity index (χ0) is 13.3. The van der Waals surface area contributed by atoms with Gasteiger partial charge in [-0.2, -0.15) is 0 Å². The van der Waals surface area contributed by atoms with Crippen LogP contribution in [0.25, 0.3) is 0 Å². The average molecular weight is 243 g/mol. The summed E-state index contributed by atoms with van der Waals surface area (Å²) in [5.74, 6) is 0. The van der Waals surface area contributed by atoms with Gasteiger partial charge in [0.15, 0.2) is 6.23 Å². The van der Waals surface area contributed by atoms with Crippen LogP contribution >= 0.6 is 0 Å². The third-order valence-electron chi connectivity index (χ3n) is 2.76. The van der Waals surface area contributed by atoms with E-state index >= 15 is 0 Å². The summed E-state index contributed by atoms with van der Waals surface area (Å²) in [5, 5.41) is 0. The fraction of sp³-hybridized carbons (Fsp3) is 0.833. The van der Waals surface area contributed by atoms with Crippen LogP contribution in [0.15, 0.2) is 0 Å². The summed E-state index contributed by atoms with van der Waals surface area (Å²) in [7, 11) is 0. The highest BCUT2D eigenvalue weighted by molar-refractivity contribution is 5.69. The summed E-state index contributed by atoms with van der Waals surface area (Å²) in [6.45, 7) is 10.3. The zero-order valence-corrected chi connectivity index (χ0v) is 11.1. The lowest BCUT2D eigenvalue weighted by Gasteiger charge is -2.31. The Bertz CT molecular complexity index is 306. The Kier molecular flexibility index (Phi) is 3.69. The SMILES string of the molecule is CC(C)(C)OC(=O)N1CCC(C)(C)[C@@H]1OC=O. The molecule has 1 fully saturated rings. The molecule has 5 heteroatoms. The third kappa shape index (κ3) is 3.35. The van der Waals surface area contributed by atoms with Crippen LogP contribution in [-0.4, -0.2) is 35.8 Å². The molecule has 0 saturated carbocycles. The topological polar surface area (TPSA) is 55.8 Å². The molecular formula is C12H21NO4. The van der Waals surface area contributed by atoms with E-state index in [0.29, 0.717) is 13.0 Å². The molecule has 0 unspecified atom stereocenters. The predicted molar refractivity (Wildman–Crippen MR) is 62.3 cm³/mol. The molecule has 5 nitrogen and oxygen atoms in total. The third-order valence-corrected chi connectivity index (χ3v) is 2.76. The van der Waals surface area contributed by atoms with E-state index in [4.69, 9.17) is 9.47 Å². The average Bonchev–Trinajstić information content (AvgIpc) is 2.40. The van der Waals surface area contributed by atoms with Crippen LogP contribution in [0.4, 0.5) is 4.79 Å². The van der Waals surface area contributed by atoms with Crippen molar-refractivity contribution in [1.82, 2.24) is 4.90 Å². The molecule has 1 aliphatic rings. The summed E-state index contributed by atoms with van der Waals surface area (Å²) in [5.41, 5.74) is -0.784. The Hall–Kier alpha value is -1.26. The number of hydrogen-bond acceptors (Lipinski definition) is 4. The summed E-state index contributed by atoms with van der Waals surface area (Å²) < 4.78 is 10.3. The standard InChI is InChI=1S/C12H21NO4/c1-11(2,3)17-10(15)13-7-6-12(4,5)9(13)16-8-14/h8-9H,6-7H2,1-5H3/t9-/m0/s1. The summed E-state index contributed by atoms with van der Waals surface area (Å²) in [4.78, 5) is 23.9. The van der Waals surface area contributed by atoms with E-state index in [0.717, 1.165) is 6.42 Å². The quantitative estimate of drug-likeness (QED) is 0.697. The van der Waals surface area contributed by atoms with E-state index in [1.807, 2.05) is 34.6 Å². The van der Waals surface area contributed by atoms with Gasteiger partial charge in [-0.25, -0.2) is 4.79 Å². The molecule has 1 rings (SSSR count). The molecule has 1 saturated heterocycles. The highest BCUT2D eigenvalue weighted by Gasteiger charge is 2.45. The Morgan fingerprint density at radius 1 is 1.41 bits per heavy atom. The molecule has 0 aliphatic carbocycles. The van der Waals surface area contributed by atoms with E-state index in [-0.39, 0.29) is 5.41 Å². The van der Waals surface area contributed by atoms with Crippen molar-refractivity contribution in [3.63, 3.8) is 0 Å². The van der Waals surface area contributed by atoms with Crippen LogP contribution in [0.5, 0.6) is 0 Å². The highest BCUT2D eigenvalue weighted by Crippen LogP contribution is 2.37. The van der Waals surface area contributed by atoms with Gasteiger partial charge in [0.2, 0.25) is 0 Å². The van der Waals surface area contributed by atoms with Crippen molar-refractivity contribution in [2.24, 2.45) is 5.41 Å². The summed E-state index contributed by atoms with van der Waals surface area (Å²) >= 11 is 0. The van der Waals surface area contributed by atoms with E-state index in [1.54, 1.807) is 0 Å². The number of ether oxygens (including phenoxy) is 2. The van der Waals surface area contributed by atoms with Gasteiger partial charge in [-0.05, 0) is 27.2 Å². The van der Waals surface area contributed by atoms with Crippen LogP contribution in [-0.2, 0) is 14.3 Å². The van der Waals surface area contributed by atoms with Crippen LogP contribution in [0, 0.1) is 5.41 Å². The van der Waals surface area contributed by atoms with Crippen molar-refractivity contribution in [2.75, 3.05) is 6.54 Å². The van der Waals surface area contributed by atoms with E-state index in [9.17, 15) is 9.59 Å². The second-order valence-electron chi connectivity index (χ2n) is 6.00. The van der Waals surface area contributed by atoms with Gasteiger partial charge in [0.05, 0.1) is 0 Å². The first-order valence-electron chi connectivity index (χ1n) is 5.76. The smallest absolute Gasteiger partial charge is 0.413 e. The lowest BCUT2D eigenvalue weighted by atomic mass is 9.91. The Morgan fingerprint density at radius 3 is 2.47 bits per heavy atom. The lowest BCUT2D eigenvalue weighted by Crippen LogP contribution is -2.44. The minimum Gasteiger partial charge on any atom is -0.444 e. The highest BCUT2D eigenvalue weighted by atomic mass is 16.6. The van der Waals surface area contributed by atoms with Crippen LogP contribution in [0.1, 0.15) is 41.0 Å². The molecule has 0 spiro atoms. The van der Waals surface area contributed by atoms with E-state index in [1.165, 1.54) is 4.90 Å². The molecule has 0 radical (unpaired) electrons. The Morgan fingerprint density at radius 2 is 2.00 bits per heavy atom. The van der Waals surface area contributed by atoms with Gasteiger partial charge in [0.25, 0.3) is 6.47 Å². The molecule has 1 aliphatic heterocycles. The molecule has 0 N–H and O–H groups in total. The normalized spacial score (nSPS) is 23.4. The summed E-state index contributed by atoms with van der Waals surface area (Å²) in [6, 6.07) is 0. The molecule has 1 atom stereocenters. The second-order valence-corrected chi connectivity index (χ2v) is 6.00. The molecule has 0 aromatic heterocycles. The van der Waals surface area contributed by atoms with Gasteiger partial charge >= 0.3 is 6.09 Å². The molecule has 1 amide bonds. The van der Waals surface area contributed by atoms with Gasteiger partial charge in [-0.1, -0.05) is 13.8 Å². The molecule has 0 bridgehead atoms. The summed E-state index contributed by atoms with van der Waals surface area (Å²) in [6.07, 6.45) is -0.199. The predicted octanol–water partition coefficient (Wildman–Crippen LogP) is 2.15. The number of likely N-dealkylation sites (tertiary alicyclic amines) is 1. The number of carbonyl (C=O) groups is 2. The maximum Gasteiger partial charge on any atom is 0.413 e. The Balaban J connectivity index is 2.76. The molecule has 17 heavy (non-hydrogen) atoms. The molecule has 0 aromatic rings. The zero-order valence-electron chi connectivity index (χ0n) is 11.1. The first-order chi connectivity index (χ1) is 7.67. The van der Waals surface area contributed by atoms with E-state index in [2.05, 4.69) is 0 Å². The number of carbonyl (C=O) groups excluding carboxylic acids is 2. The van der Waals surface area contributed by atoms with Crippen molar-refractivity contribution in [3.05, 3.63) is 0 Å². The minimum absolute atomic E-state index is 0.238. The van der Waals surface area contributed by atoms with Gasteiger partial charge < -0.3 is 9.47 Å². The maximum atomic E-state index is 11.9. The number of hydrogen-bond donors (Lipinski definition) is 0. The van der Waals surface area contributed by atoms with E-state index < -0.39 is 17.9 Å². The van der Waals surface area contributed by atoms with Crippen LogP contribution in [0.2, 0.25) is 0 Å². The van der Waals surface area contributed by atoms with Crippen LogP contribution in [0.3, 0.4) is 0 Å². The minimum atomic E-state index is -0.546. The first-order valence-corrected chi connectivity index (χ1v) is 5.76. The molecule has 1 heterocycles. The van der Waals surface area contributed by atoms with Gasteiger partial charge in [0.1, 0.15) is 5.60 Å². The van der Waals surface area contributed by atoms with Crippen molar-refractivity contribution in [2.45, 2.75) is 52.9 Å². The van der Waals surface area contributed by atoms with Crippen molar-refractivity contribution < 1.29 is 19.1 Å². The first kappa shape index (κ1) is 13.8. The van der Waals surface area contributed by atoms with Gasteiger partial charge in [-0.15, -0.1) is 0 Å². The Labute approximate surface area is 102 Å². The van der Waals surface area contributed by atoms with Gasteiger partial charge in [0, 0.05) is 12.0 Å². The number of rotatable bonds is 2. The molecular weight excluding hydrogens is 222 g/mol. The fourth-order valence-electron chi connectivity index (χ4n) is 1.89. The van der Waals surface area contributed by atoms with Crippen LogP contribution < -0.4 is 0 Å². The number of amides is 1. The van der Waals surface area contributed by atoms with Crippen molar-refractivity contribution in [1.29, 1.82) is 0 Å². The number of nitrogens with zero attached hydrogens (tertiary/aromatic N) is 1. The second kappa shape index (κ2) is 4.55. The largest absolute Gasteiger partial charge is 0.444 e. The van der Waals surface area contributed by atoms with Gasteiger partial charge in [-0.3, -0.25) is 9.69 Å². The van der Waals surface area contributed by atoms with Crippen molar-refractivity contribution in [3.8, 4) is 0 Å². The monoisotopic (exact) mass is 243 g/mol. The fourth-order valence-corrected chi connectivity index (χ4v) is 1.89. The molecule has 0 aromatic carbocycles. The van der Waals surface area contributed by atoms with Crippen molar-refractivity contribution >= 4 is 12.6 Å². The molecule has 98 valence electrons. The maximum absolute atomic E-state index is 11.9.